The highest BCUT2D eigenvalue weighted by Crippen LogP contribution is 2.50. The molecule has 0 amide bonds. The van der Waals surface area contributed by atoms with E-state index < -0.39 is 43.5 Å². The number of carbonyl (C=O) groups excluding carboxylic acids is 1. The quantitative estimate of drug-likeness (QED) is 0.0775. The van der Waals surface area contributed by atoms with Gasteiger partial charge < -0.3 is 19.1 Å². The van der Waals surface area contributed by atoms with Gasteiger partial charge in [-0.25, -0.2) is 14.6 Å². The number of nitrogens with zero attached hydrogens (tertiary/aromatic N) is 3. The van der Waals surface area contributed by atoms with Crippen LogP contribution in [0.4, 0.5) is 11.4 Å². The summed E-state index contributed by atoms with van der Waals surface area (Å²) in [6, 6.07) is 15.5. The number of rotatable bonds is 13. The van der Waals surface area contributed by atoms with Gasteiger partial charge in [-0.15, -0.1) is 10.2 Å². The van der Waals surface area contributed by atoms with E-state index in [1.165, 1.54) is 30.8 Å². The first kappa shape index (κ1) is 35.0. The number of carboxylic acids is 1. The van der Waals surface area contributed by atoms with Gasteiger partial charge in [0.25, 0.3) is 5.56 Å². The molecule has 2 unspecified atom stereocenters. The third-order valence-electron chi connectivity index (χ3n) is 7.10. The lowest BCUT2D eigenvalue weighted by Gasteiger charge is -2.25. The smallest absolute Gasteiger partial charge is 0.342 e. The largest absolute Gasteiger partial charge is 0.478 e. The van der Waals surface area contributed by atoms with Gasteiger partial charge in [-0.1, -0.05) is 30.3 Å². The normalized spacial score (nSPS) is 13.4. The average Bonchev–Trinajstić information content (AvgIpc) is 3.30. The van der Waals surface area contributed by atoms with E-state index in [-0.39, 0.29) is 22.7 Å². The first-order valence-electron chi connectivity index (χ1n) is 14.8. The summed E-state index contributed by atoms with van der Waals surface area (Å²) in [7, 11) is -2.70. The van der Waals surface area contributed by atoms with Crippen LogP contribution < -0.4 is 15.2 Å². The number of aromatic carboxylic acids is 1. The summed E-state index contributed by atoms with van der Waals surface area (Å²) in [4.78, 5) is 37.8. The number of azo groups is 1. The van der Waals surface area contributed by atoms with Crippen molar-refractivity contribution >= 4 is 30.8 Å². The van der Waals surface area contributed by atoms with E-state index in [2.05, 4.69) is 20.4 Å². The zero-order valence-corrected chi connectivity index (χ0v) is 28.1. The zero-order valence-electron chi connectivity index (χ0n) is 27.2. The Kier molecular flexibility index (Phi) is 11.0. The molecule has 0 radical (unpaired) electrons. The van der Waals surface area contributed by atoms with Crippen LogP contribution in [-0.4, -0.2) is 52.4 Å². The molecule has 4 aromatic rings. The van der Waals surface area contributed by atoms with Crippen LogP contribution in [0.2, 0.25) is 0 Å². The molecule has 0 aliphatic heterocycles. The molecule has 0 saturated heterocycles. The Labute approximate surface area is 272 Å². The predicted octanol–water partition coefficient (Wildman–Crippen LogP) is 6.98. The summed E-state index contributed by atoms with van der Waals surface area (Å²) in [5.41, 5.74) is 3.62. The lowest BCUT2D eigenvalue weighted by molar-refractivity contribution is -0.149. The summed E-state index contributed by atoms with van der Waals surface area (Å²) in [6.07, 6.45) is -0.843. The minimum Gasteiger partial charge on any atom is -0.478 e. The number of hydrogen-bond donors (Lipinski definition) is 3. The summed E-state index contributed by atoms with van der Waals surface area (Å²) in [6.45, 7) is 10.5. The van der Waals surface area contributed by atoms with Crippen molar-refractivity contribution in [1.29, 1.82) is 0 Å². The third-order valence-corrected chi connectivity index (χ3v) is 8.95. The van der Waals surface area contributed by atoms with E-state index in [0.29, 0.717) is 22.5 Å². The Morgan fingerprint density at radius 1 is 1.00 bits per heavy atom. The Morgan fingerprint density at radius 2 is 1.72 bits per heavy atom. The molecule has 3 N–H and O–H groups in total. The van der Waals surface area contributed by atoms with Crippen LogP contribution >= 0.6 is 7.52 Å². The second-order valence-electron chi connectivity index (χ2n) is 11.3. The number of benzene rings is 3. The maximum Gasteiger partial charge on any atom is 0.342 e. The molecule has 0 spiro atoms. The number of aromatic nitrogens is 2. The van der Waals surface area contributed by atoms with Crippen molar-refractivity contribution in [1.82, 2.24) is 14.9 Å². The fraction of sp³-hybridized carbons (Fsp3) is 0.303. The van der Waals surface area contributed by atoms with Gasteiger partial charge in [0, 0.05) is 12.7 Å². The number of carbonyl (C=O) groups is 2. The molecule has 0 fully saturated rings. The highest BCUT2D eigenvalue weighted by Gasteiger charge is 2.33. The molecule has 13 nitrogen and oxygen atoms in total. The molecule has 47 heavy (non-hydrogen) atoms. The molecule has 2 atom stereocenters. The van der Waals surface area contributed by atoms with Crippen LogP contribution in [0, 0.1) is 20.8 Å². The third kappa shape index (κ3) is 8.31. The number of methoxy groups -OCH3 is 1. The van der Waals surface area contributed by atoms with E-state index in [0.717, 1.165) is 11.1 Å². The average molecular weight is 664 g/mol. The van der Waals surface area contributed by atoms with Crippen LogP contribution in [0.25, 0.3) is 16.8 Å². The fourth-order valence-electron chi connectivity index (χ4n) is 4.64. The van der Waals surface area contributed by atoms with E-state index in [1.807, 2.05) is 32.0 Å². The number of H-pyrrole nitrogens is 1. The topological polar surface area (TPSA) is 174 Å². The zero-order chi connectivity index (χ0) is 34.5. The van der Waals surface area contributed by atoms with Crippen molar-refractivity contribution in [2.75, 3.05) is 13.5 Å². The Hall–Kier alpha value is -4.84. The van der Waals surface area contributed by atoms with Gasteiger partial charge in [0.15, 0.2) is 11.4 Å². The number of hydrogen-bond acceptors (Lipinski definition) is 9. The molecule has 0 saturated carbocycles. The van der Waals surface area contributed by atoms with Gasteiger partial charge in [-0.3, -0.25) is 19.3 Å². The number of nitrogens with one attached hydrogen (secondary N) is 2. The number of aromatic amines is 1. The van der Waals surface area contributed by atoms with Gasteiger partial charge in [0.1, 0.15) is 18.1 Å². The summed E-state index contributed by atoms with van der Waals surface area (Å²) < 4.78 is 32.2. The van der Waals surface area contributed by atoms with Crippen molar-refractivity contribution in [2.45, 2.75) is 53.7 Å². The first-order valence-corrected chi connectivity index (χ1v) is 16.6. The number of para-hydroxylation sites is 1. The van der Waals surface area contributed by atoms with E-state index in [9.17, 15) is 24.1 Å². The lowest BCUT2D eigenvalue weighted by atomic mass is 10.0. The first-order chi connectivity index (χ1) is 22.2. The Balaban J connectivity index is 1.83. The maximum atomic E-state index is 14.2. The van der Waals surface area contributed by atoms with Crippen molar-refractivity contribution in [3.8, 4) is 22.6 Å². The molecular formula is C33H38N5O8P. The molecular weight excluding hydrogens is 625 g/mol. The SMILES string of the molecule is COCP(=O)(NC(C)C(=O)OC(C)C)Oc1c(N=Nc2c(C)[nH]n(-c3ccc(C)c(C)c3)c2=O)cccc1-c1cccc(C(=O)O)c1. The molecule has 14 heteroatoms. The monoisotopic (exact) mass is 663 g/mol. The minimum atomic E-state index is -4.02. The maximum absolute atomic E-state index is 14.2. The molecule has 3 aromatic carbocycles. The van der Waals surface area contributed by atoms with E-state index in [1.54, 1.807) is 51.1 Å². The summed E-state index contributed by atoms with van der Waals surface area (Å²) in [5.74, 6) is -1.83. The van der Waals surface area contributed by atoms with Gasteiger partial charge in [-0.05, 0) is 88.6 Å². The van der Waals surface area contributed by atoms with Crippen molar-refractivity contribution < 1.29 is 33.3 Å². The highest BCUT2D eigenvalue weighted by molar-refractivity contribution is 7.57. The standard InChI is InChI=1S/C33H38N5O8P/c1-19(2)45-33(42)23(6)37-47(43,18-44-7)46-30-27(24-10-8-11-25(17-24)32(40)41)12-9-13-28(30)34-35-29-22(5)36-38(31(29)39)26-15-14-20(3)21(4)16-26/h8-17,19,23,36H,18H2,1-7H3,(H,37,43)(H,40,41). The number of carboxylic acid groups (broad SMARTS) is 1. The van der Waals surface area contributed by atoms with Gasteiger partial charge in [0.2, 0.25) is 0 Å². The van der Waals surface area contributed by atoms with Crippen LogP contribution in [0.3, 0.4) is 0 Å². The minimum absolute atomic E-state index is 0.0126. The van der Waals surface area contributed by atoms with Gasteiger partial charge >= 0.3 is 19.5 Å². The van der Waals surface area contributed by atoms with Crippen molar-refractivity contribution in [2.24, 2.45) is 10.2 Å². The lowest BCUT2D eigenvalue weighted by Crippen LogP contribution is -2.36. The van der Waals surface area contributed by atoms with Crippen LogP contribution in [0.5, 0.6) is 5.75 Å². The van der Waals surface area contributed by atoms with Crippen LogP contribution in [0.1, 0.15) is 48.0 Å². The number of aryl methyl sites for hydroxylation is 3. The molecule has 0 aliphatic rings. The summed E-state index contributed by atoms with van der Waals surface area (Å²) >= 11 is 0. The van der Waals surface area contributed by atoms with Crippen molar-refractivity contribution in [3.05, 3.63) is 93.4 Å². The number of ether oxygens (including phenoxy) is 2. The summed E-state index contributed by atoms with van der Waals surface area (Å²) in [5, 5.41) is 24.0. The van der Waals surface area contributed by atoms with E-state index >= 15 is 0 Å². The van der Waals surface area contributed by atoms with Crippen LogP contribution in [-0.2, 0) is 18.8 Å². The van der Waals surface area contributed by atoms with Crippen molar-refractivity contribution in [3.63, 3.8) is 0 Å². The molecule has 1 aromatic heterocycles. The second kappa shape index (κ2) is 14.7. The molecule has 4 rings (SSSR count). The van der Waals surface area contributed by atoms with Gasteiger partial charge in [0.05, 0.1) is 23.0 Å². The highest BCUT2D eigenvalue weighted by atomic mass is 31.2. The Bertz CT molecular complexity index is 1930. The fourth-order valence-corrected chi connectivity index (χ4v) is 6.34. The molecule has 0 aliphatic carbocycles. The Morgan fingerprint density at radius 3 is 2.38 bits per heavy atom. The van der Waals surface area contributed by atoms with Gasteiger partial charge in [-0.2, -0.15) is 0 Å². The number of esters is 1. The van der Waals surface area contributed by atoms with E-state index in [4.69, 9.17) is 14.0 Å². The molecule has 248 valence electrons. The second-order valence-corrected chi connectivity index (χ2v) is 13.3. The molecule has 0 bridgehead atoms. The van der Waals surface area contributed by atoms with Crippen LogP contribution in [0.15, 0.2) is 75.7 Å². The predicted molar refractivity (Wildman–Crippen MR) is 178 cm³/mol. The molecule has 1 heterocycles.